The smallest absolute Gasteiger partial charge is 0.414 e. The molecular weight excluding hydrogens is 455 g/mol. The fourth-order valence-electron chi connectivity index (χ4n) is 3.52. The van der Waals surface area contributed by atoms with Crippen molar-refractivity contribution in [3.05, 3.63) is 53.8 Å². The molecule has 0 bridgehead atoms. The van der Waals surface area contributed by atoms with Gasteiger partial charge < -0.3 is 20.1 Å². The minimum atomic E-state index is -0.906. The van der Waals surface area contributed by atoms with Crippen molar-refractivity contribution in [2.75, 3.05) is 24.6 Å². The van der Waals surface area contributed by atoms with E-state index in [1.807, 2.05) is 13.0 Å². The molecule has 0 spiro atoms. The van der Waals surface area contributed by atoms with Gasteiger partial charge in [-0.1, -0.05) is 37.6 Å². The summed E-state index contributed by atoms with van der Waals surface area (Å²) in [5.74, 6) is -0.771. The monoisotopic (exact) mass is 482 g/mol. The molecule has 1 unspecified atom stereocenters. The summed E-state index contributed by atoms with van der Waals surface area (Å²) in [7, 11) is 0. The first kappa shape index (κ1) is 25.5. The minimum absolute atomic E-state index is 0.180. The molecular formula is C25H27FN4O5. The number of rotatable bonds is 9. The van der Waals surface area contributed by atoms with Gasteiger partial charge >= 0.3 is 12.2 Å². The summed E-state index contributed by atoms with van der Waals surface area (Å²) in [5, 5.41) is 14.5. The molecule has 10 heteroatoms. The maximum Gasteiger partial charge on any atom is 0.414 e. The molecule has 9 nitrogen and oxygen atoms in total. The average Bonchev–Trinajstić information content (AvgIpc) is 3.22. The number of ether oxygens (including phenoxy) is 2. The van der Waals surface area contributed by atoms with Crippen LogP contribution in [0.25, 0.3) is 11.1 Å². The molecule has 0 aliphatic carbocycles. The first-order valence-corrected chi connectivity index (χ1v) is 11.3. The number of halogens is 1. The van der Waals surface area contributed by atoms with E-state index in [0.717, 1.165) is 12.8 Å². The number of nitrogens with one attached hydrogen (secondary N) is 2. The molecule has 1 heterocycles. The molecule has 35 heavy (non-hydrogen) atoms. The topological polar surface area (TPSA) is 121 Å². The molecule has 0 aromatic heterocycles. The zero-order valence-corrected chi connectivity index (χ0v) is 19.5. The van der Waals surface area contributed by atoms with Crippen LogP contribution in [-0.2, 0) is 14.3 Å². The summed E-state index contributed by atoms with van der Waals surface area (Å²) in [6.07, 6.45) is -0.182. The van der Waals surface area contributed by atoms with Crippen LogP contribution in [0.3, 0.4) is 0 Å². The average molecular weight is 483 g/mol. The van der Waals surface area contributed by atoms with Gasteiger partial charge in [0.1, 0.15) is 18.0 Å². The number of nitrogens with zero attached hydrogens (tertiary/aromatic N) is 2. The van der Waals surface area contributed by atoms with Gasteiger partial charge in [-0.05, 0) is 35.7 Å². The molecule has 2 atom stereocenters. The van der Waals surface area contributed by atoms with E-state index in [9.17, 15) is 24.0 Å². The number of alkyl carbamates (subject to hydrolysis) is 1. The Labute approximate surface area is 202 Å². The summed E-state index contributed by atoms with van der Waals surface area (Å²) in [4.78, 5) is 36.4. The van der Waals surface area contributed by atoms with E-state index in [-0.39, 0.29) is 25.6 Å². The highest BCUT2D eigenvalue weighted by molar-refractivity contribution is 5.90. The molecule has 2 N–H and O–H groups in total. The lowest BCUT2D eigenvalue weighted by molar-refractivity contribution is -0.119. The van der Waals surface area contributed by atoms with Gasteiger partial charge in [-0.15, -0.1) is 0 Å². The third-order valence-corrected chi connectivity index (χ3v) is 5.39. The molecule has 1 saturated heterocycles. The molecule has 0 saturated carbocycles. The van der Waals surface area contributed by atoms with Crippen molar-refractivity contribution in [1.29, 1.82) is 5.26 Å². The number of hydrogen-bond donors (Lipinski definition) is 2. The minimum Gasteiger partial charge on any atom is -0.450 e. The highest BCUT2D eigenvalue weighted by atomic mass is 19.1. The van der Waals surface area contributed by atoms with Crippen LogP contribution in [0.5, 0.6) is 0 Å². The van der Waals surface area contributed by atoms with Gasteiger partial charge in [0.05, 0.1) is 31.5 Å². The highest BCUT2D eigenvalue weighted by Crippen LogP contribution is 2.30. The highest BCUT2D eigenvalue weighted by Gasteiger charge is 2.32. The second-order valence-corrected chi connectivity index (χ2v) is 8.04. The van der Waals surface area contributed by atoms with Crippen molar-refractivity contribution in [3.8, 4) is 17.2 Å². The fraction of sp³-hybridized carbons (Fsp3) is 0.360. The number of nitriles is 1. The maximum atomic E-state index is 15.0. The van der Waals surface area contributed by atoms with Crippen LogP contribution in [0.4, 0.5) is 19.7 Å². The molecule has 1 aliphatic heterocycles. The van der Waals surface area contributed by atoms with Crippen molar-refractivity contribution >= 4 is 23.8 Å². The van der Waals surface area contributed by atoms with Gasteiger partial charge in [0.25, 0.3) is 0 Å². The van der Waals surface area contributed by atoms with Gasteiger partial charge in [0.2, 0.25) is 5.91 Å². The quantitative estimate of drug-likeness (QED) is 0.521. The number of amides is 3. The number of anilines is 1. The van der Waals surface area contributed by atoms with Gasteiger partial charge in [0, 0.05) is 12.5 Å². The van der Waals surface area contributed by atoms with Gasteiger partial charge in [-0.25, -0.2) is 14.0 Å². The molecule has 3 rings (SSSR count). The van der Waals surface area contributed by atoms with Crippen LogP contribution < -0.4 is 15.5 Å². The lowest BCUT2D eigenvalue weighted by Gasteiger charge is -2.15. The molecule has 0 radical (unpaired) electrons. The number of benzene rings is 2. The third kappa shape index (κ3) is 6.69. The Hall–Kier alpha value is -4.13. The van der Waals surface area contributed by atoms with Crippen molar-refractivity contribution in [3.63, 3.8) is 0 Å². The second-order valence-electron chi connectivity index (χ2n) is 8.04. The molecule has 2 aromatic rings. The Bertz CT molecular complexity index is 1120. The summed E-state index contributed by atoms with van der Waals surface area (Å²) < 4.78 is 25.2. The summed E-state index contributed by atoms with van der Waals surface area (Å²) in [6.45, 7) is 3.99. The van der Waals surface area contributed by atoms with E-state index in [2.05, 4.69) is 10.6 Å². The van der Waals surface area contributed by atoms with Crippen molar-refractivity contribution in [2.45, 2.75) is 38.8 Å². The lowest BCUT2D eigenvalue weighted by atomic mass is 10.0. The number of hydrogen-bond acceptors (Lipinski definition) is 6. The Morgan fingerprint density at radius 1 is 1.29 bits per heavy atom. The molecule has 2 aromatic carbocycles. The largest absolute Gasteiger partial charge is 0.450 e. The van der Waals surface area contributed by atoms with E-state index in [1.165, 1.54) is 17.9 Å². The van der Waals surface area contributed by atoms with Crippen molar-refractivity contribution < 1.29 is 28.2 Å². The number of cyclic esters (lactones) is 1. The van der Waals surface area contributed by atoms with Crippen LogP contribution in [0.15, 0.2) is 42.5 Å². The normalized spacial score (nSPS) is 15.7. The number of carbonyl (C=O) groups is 3. The molecule has 1 fully saturated rings. The van der Waals surface area contributed by atoms with Crippen LogP contribution >= 0.6 is 0 Å². The van der Waals surface area contributed by atoms with E-state index in [0.29, 0.717) is 22.4 Å². The number of carbonyl (C=O) groups excluding carboxylic acids is 3. The van der Waals surface area contributed by atoms with Crippen LogP contribution in [0, 0.1) is 17.1 Å². The van der Waals surface area contributed by atoms with Crippen molar-refractivity contribution in [1.82, 2.24) is 10.6 Å². The van der Waals surface area contributed by atoms with Crippen LogP contribution in [-0.4, -0.2) is 43.9 Å². The predicted molar refractivity (Wildman–Crippen MR) is 126 cm³/mol. The zero-order valence-electron chi connectivity index (χ0n) is 19.5. The van der Waals surface area contributed by atoms with Crippen LogP contribution in [0.2, 0.25) is 0 Å². The number of unbranched alkanes of at least 4 members (excludes halogenated alkanes) is 1. The van der Waals surface area contributed by atoms with E-state index < -0.39 is 30.1 Å². The maximum absolute atomic E-state index is 15.0. The standard InChI is InChI=1S/C25H27FN4O5/c1-3-4-11-34-24(32)29-23(13-27)18-7-5-17(6-8-18)21-10-9-19(12-22(21)26)30-15-20(35-25(30)33)14-28-16(2)31/h5-10,12,20,23H,3-4,11,14-15H2,1-2H3,(H,28,31)(H,29,32)/t20-,23?/m0/s1. The summed E-state index contributed by atoms with van der Waals surface area (Å²) in [6, 6.07) is 12.1. The summed E-state index contributed by atoms with van der Waals surface area (Å²) in [5.41, 5.74) is 1.75. The molecule has 184 valence electrons. The Morgan fingerprint density at radius 2 is 2.03 bits per heavy atom. The Kier molecular flexibility index (Phi) is 8.62. The van der Waals surface area contributed by atoms with Gasteiger partial charge in [-0.3, -0.25) is 9.69 Å². The molecule has 3 amide bonds. The van der Waals surface area contributed by atoms with Crippen LogP contribution in [0.1, 0.15) is 38.3 Å². The van der Waals surface area contributed by atoms with Crippen molar-refractivity contribution in [2.24, 2.45) is 0 Å². The van der Waals surface area contributed by atoms with E-state index in [4.69, 9.17) is 9.47 Å². The van der Waals surface area contributed by atoms with Gasteiger partial charge in [-0.2, -0.15) is 5.26 Å². The Morgan fingerprint density at radius 3 is 2.66 bits per heavy atom. The molecule has 1 aliphatic rings. The fourth-order valence-corrected chi connectivity index (χ4v) is 3.52. The second kappa shape index (κ2) is 11.8. The SMILES string of the molecule is CCCCOC(=O)NC(C#N)c1ccc(-c2ccc(N3C[C@H](CNC(C)=O)OC3=O)cc2F)cc1. The van der Waals surface area contributed by atoms with E-state index >= 15 is 0 Å². The third-order valence-electron chi connectivity index (χ3n) is 5.39. The first-order chi connectivity index (χ1) is 16.8. The summed E-state index contributed by atoms with van der Waals surface area (Å²) >= 11 is 0. The Balaban J connectivity index is 1.67. The van der Waals surface area contributed by atoms with E-state index in [1.54, 1.807) is 36.4 Å². The lowest BCUT2D eigenvalue weighted by Crippen LogP contribution is -2.33. The predicted octanol–water partition coefficient (Wildman–Crippen LogP) is 4.04. The van der Waals surface area contributed by atoms with Gasteiger partial charge in [0.15, 0.2) is 0 Å². The first-order valence-electron chi connectivity index (χ1n) is 11.3. The zero-order chi connectivity index (χ0) is 25.4.